The molecule has 4 aromatic rings. The number of imidazole rings is 1. The summed E-state index contributed by atoms with van der Waals surface area (Å²) in [6.45, 7) is 0.527. The zero-order valence-electron chi connectivity index (χ0n) is 16.0. The Kier molecular flexibility index (Phi) is 5.46. The van der Waals surface area contributed by atoms with Gasteiger partial charge in [-0.1, -0.05) is 15.9 Å². The highest BCUT2D eigenvalue weighted by atomic mass is 79.9. The van der Waals surface area contributed by atoms with E-state index in [4.69, 9.17) is 0 Å². The van der Waals surface area contributed by atoms with Gasteiger partial charge in [-0.25, -0.2) is 22.8 Å². The topological polar surface area (TPSA) is 86.9 Å². The van der Waals surface area contributed by atoms with Crippen molar-refractivity contribution in [2.45, 2.75) is 19.5 Å². The molecule has 4 rings (SSSR count). The molecule has 0 aliphatic carbocycles. The lowest BCUT2D eigenvalue weighted by atomic mass is 10.3. The van der Waals surface area contributed by atoms with E-state index >= 15 is 0 Å². The van der Waals surface area contributed by atoms with Crippen LogP contribution < -0.4 is 5.56 Å². The molecule has 0 saturated carbocycles. The van der Waals surface area contributed by atoms with Crippen LogP contribution in [0.2, 0.25) is 0 Å². The maximum atomic E-state index is 13.8. The standard InChI is InChI=1S/C20H18BrFN4O3S/c1-30(28,29)8-2-7-25-17-6-3-13(21)9-16(17)24-19(25)12-26-18-10-14(22)4-5-15(18)23-11-20(26)27/h3-6,9-11H,2,7-8,12H2,1H3. The minimum absolute atomic E-state index is 0.0476. The van der Waals surface area contributed by atoms with Gasteiger partial charge in [0.25, 0.3) is 5.56 Å². The van der Waals surface area contributed by atoms with Gasteiger partial charge < -0.3 is 4.57 Å². The van der Waals surface area contributed by atoms with Gasteiger partial charge in [-0.15, -0.1) is 0 Å². The van der Waals surface area contributed by atoms with Crippen molar-refractivity contribution in [1.82, 2.24) is 19.1 Å². The summed E-state index contributed by atoms with van der Waals surface area (Å²) in [5, 5.41) is 0. The number of aromatic nitrogens is 4. The van der Waals surface area contributed by atoms with E-state index in [0.29, 0.717) is 29.8 Å². The predicted octanol–water partition coefficient (Wildman–Crippen LogP) is 3.13. The summed E-state index contributed by atoms with van der Waals surface area (Å²) in [6, 6.07) is 9.72. The summed E-state index contributed by atoms with van der Waals surface area (Å²) in [7, 11) is -3.10. The first kappa shape index (κ1) is 20.7. The number of halogens is 2. The molecule has 0 atom stereocenters. The molecule has 0 aliphatic rings. The van der Waals surface area contributed by atoms with Gasteiger partial charge in [-0.3, -0.25) is 9.36 Å². The number of sulfone groups is 1. The van der Waals surface area contributed by atoms with Crippen LogP contribution in [0.1, 0.15) is 12.2 Å². The van der Waals surface area contributed by atoms with Gasteiger partial charge in [0, 0.05) is 17.3 Å². The molecule has 0 unspecified atom stereocenters. The number of benzene rings is 2. The molecule has 0 bridgehead atoms. The van der Waals surface area contributed by atoms with E-state index < -0.39 is 15.7 Å². The van der Waals surface area contributed by atoms with E-state index in [0.717, 1.165) is 15.5 Å². The van der Waals surface area contributed by atoms with Crippen molar-refractivity contribution in [2.75, 3.05) is 12.0 Å². The Morgan fingerprint density at radius 2 is 1.87 bits per heavy atom. The fourth-order valence-electron chi connectivity index (χ4n) is 3.45. The first-order valence-corrected chi connectivity index (χ1v) is 12.0. The average Bonchev–Trinajstić information content (AvgIpc) is 2.99. The van der Waals surface area contributed by atoms with E-state index in [1.807, 2.05) is 22.8 Å². The Labute approximate surface area is 180 Å². The maximum absolute atomic E-state index is 13.8. The number of fused-ring (bicyclic) bond motifs is 2. The van der Waals surface area contributed by atoms with Gasteiger partial charge in [-0.2, -0.15) is 0 Å². The zero-order chi connectivity index (χ0) is 21.5. The highest BCUT2D eigenvalue weighted by Crippen LogP contribution is 2.23. The smallest absolute Gasteiger partial charge is 0.269 e. The maximum Gasteiger partial charge on any atom is 0.269 e. The first-order chi connectivity index (χ1) is 14.2. The van der Waals surface area contributed by atoms with E-state index in [-0.39, 0.29) is 17.9 Å². The quantitative estimate of drug-likeness (QED) is 0.412. The Bertz CT molecular complexity index is 1430. The fourth-order valence-corrected chi connectivity index (χ4v) is 4.45. The van der Waals surface area contributed by atoms with Crippen molar-refractivity contribution in [3.63, 3.8) is 0 Å². The van der Waals surface area contributed by atoms with E-state index in [2.05, 4.69) is 25.9 Å². The van der Waals surface area contributed by atoms with Crippen LogP contribution in [0.15, 0.2) is 51.9 Å². The van der Waals surface area contributed by atoms with E-state index in [1.54, 1.807) is 0 Å². The summed E-state index contributed by atoms with van der Waals surface area (Å²) in [5.74, 6) is 0.163. The normalized spacial score (nSPS) is 12.1. The van der Waals surface area contributed by atoms with Gasteiger partial charge in [0.1, 0.15) is 21.5 Å². The molecule has 0 radical (unpaired) electrons. The Morgan fingerprint density at radius 3 is 2.63 bits per heavy atom. The molecule has 156 valence electrons. The van der Waals surface area contributed by atoms with Gasteiger partial charge in [0.05, 0.1) is 40.6 Å². The highest BCUT2D eigenvalue weighted by molar-refractivity contribution is 9.10. The second-order valence-corrected chi connectivity index (χ2v) is 10.3. The molecule has 2 heterocycles. The molecule has 30 heavy (non-hydrogen) atoms. The Hall–Kier alpha value is -2.59. The Balaban J connectivity index is 1.82. The van der Waals surface area contributed by atoms with E-state index in [9.17, 15) is 17.6 Å². The minimum Gasteiger partial charge on any atom is -0.326 e. The molecule has 0 fully saturated rings. The minimum atomic E-state index is -3.10. The molecular formula is C20H18BrFN4O3S. The molecule has 0 aliphatic heterocycles. The van der Waals surface area contributed by atoms with Crippen LogP contribution in [0.3, 0.4) is 0 Å². The van der Waals surface area contributed by atoms with Crippen molar-refractivity contribution < 1.29 is 12.8 Å². The number of nitrogens with zero attached hydrogens (tertiary/aromatic N) is 4. The van der Waals surface area contributed by atoms with Crippen LogP contribution >= 0.6 is 15.9 Å². The molecule has 2 aromatic heterocycles. The molecule has 0 spiro atoms. The molecule has 7 nitrogen and oxygen atoms in total. The molecule has 2 aromatic carbocycles. The predicted molar refractivity (Wildman–Crippen MR) is 117 cm³/mol. The lowest BCUT2D eigenvalue weighted by Gasteiger charge is -2.12. The average molecular weight is 493 g/mol. The number of hydrogen-bond acceptors (Lipinski definition) is 5. The van der Waals surface area contributed by atoms with Gasteiger partial charge >= 0.3 is 0 Å². The van der Waals surface area contributed by atoms with Crippen molar-refractivity contribution >= 4 is 47.8 Å². The lowest BCUT2D eigenvalue weighted by molar-refractivity contribution is 0.586. The summed E-state index contributed by atoms with van der Waals surface area (Å²) >= 11 is 3.43. The largest absolute Gasteiger partial charge is 0.326 e. The van der Waals surface area contributed by atoms with Gasteiger partial charge in [0.15, 0.2) is 0 Å². The summed E-state index contributed by atoms with van der Waals surface area (Å²) in [5.41, 5.74) is 2.05. The first-order valence-electron chi connectivity index (χ1n) is 9.19. The van der Waals surface area contributed by atoms with E-state index in [1.165, 1.54) is 35.2 Å². The molecule has 0 saturated heterocycles. The third-order valence-electron chi connectivity index (χ3n) is 4.79. The number of hydrogen-bond donors (Lipinski definition) is 0. The highest BCUT2D eigenvalue weighted by Gasteiger charge is 2.15. The molecule has 10 heteroatoms. The van der Waals surface area contributed by atoms with Crippen molar-refractivity contribution in [3.05, 3.63) is 69.1 Å². The summed E-state index contributed by atoms with van der Waals surface area (Å²) in [4.78, 5) is 21.3. The van der Waals surface area contributed by atoms with Crippen LogP contribution in [0.4, 0.5) is 4.39 Å². The monoisotopic (exact) mass is 492 g/mol. The third-order valence-corrected chi connectivity index (χ3v) is 6.32. The summed E-state index contributed by atoms with van der Waals surface area (Å²) < 4.78 is 41.1. The zero-order valence-corrected chi connectivity index (χ0v) is 18.5. The van der Waals surface area contributed by atoms with Crippen molar-refractivity contribution in [2.24, 2.45) is 0 Å². The second-order valence-electron chi connectivity index (χ2n) is 7.11. The van der Waals surface area contributed by atoms with Crippen LogP contribution in [0.25, 0.3) is 22.1 Å². The SMILES string of the molecule is CS(=O)(=O)CCCn1c(Cn2c(=O)cnc3ccc(F)cc32)nc2cc(Br)ccc21. The van der Waals surface area contributed by atoms with Crippen molar-refractivity contribution in [1.29, 1.82) is 0 Å². The van der Waals surface area contributed by atoms with Gasteiger partial charge in [0.2, 0.25) is 0 Å². The van der Waals surface area contributed by atoms with Crippen LogP contribution in [-0.2, 0) is 22.9 Å². The van der Waals surface area contributed by atoms with Crippen molar-refractivity contribution in [3.8, 4) is 0 Å². The Morgan fingerprint density at radius 1 is 1.07 bits per heavy atom. The fraction of sp³-hybridized carbons (Fsp3) is 0.250. The summed E-state index contributed by atoms with van der Waals surface area (Å²) in [6.07, 6.45) is 2.82. The second kappa shape index (κ2) is 7.92. The number of rotatable bonds is 6. The third kappa shape index (κ3) is 4.29. The van der Waals surface area contributed by atoms with Crippen LogP contribution in [0.5, 0.6) is 0 Å². The van der Waals surface area contributed by atoms with Crippen LogP contribution in [-0.4, -0.2) is 39.5 Å². The molecule has 0 N–H and O–H groups in total. The van der Waals surface area contributed by atoms with Gasteiger partial charge in [-0.05, 0) is 42.8 Å². The molecule has 0 amide bonds. The molecular weight excluding hydrogens is 475 g/mol. The number of aryl methyl sites for hydroxylation is 1. The van der Waals surface area contributed by atoms with Crippen LogP contribution in [0, 0.1) is 5.82 Å². The lowest BCUT2D eigenvalue weighted by Crippen LogP contribution is -2.23.